The maximum atomic E-state index is 9.80. The van der Waals surface area contributed by atoms with Gasteiger partial charge in [0.2, 0.25) is 0 Å². The van der Waals surface area contributed by atoms with Crippen LogP contribution in [0.2, 0.25) is 0 Å². The van der Waals surface area contributed by atoms with Crippen LogP contribution in [0.25, 0.3) is 45.8 Å². The summed E-state index contributed by atoms with van der Waals surface area (Å²) in [5, 5.41) is 14.5. The van der Waals surface area contributed by atoms with Gasteiger partial charge in [-0.05, 0) is 111 Å². The SMILES string of the molecule is CCCCCCCCCCCCOc1ccc2cc(/C=C/c3cc(C#N)cc(/C=C/c4ccc5cc(OCCCCCCCCCCCC)ccc5c4)c3)ccc2c1. The van der Waals surface area contributed by atoms with Crippen LogP contribution in [0.5, 0.6) is 11.5 Å². The molecule has 0 bridgehead atoms. The fraction of sp³-hybridized carbons (Fsp3) is 0.436. The van der Waals surface area contributed by atoms with Gasteiger partial charge in [-0.2, -0.15) is 5.26 Å². The zero-order valence-corrected chi connectivity index (χ0v) is 35.8. The lowest BCUT2D eigenvalue weighted by Crippen LogP contribution is -1.97. The van der Waals surface area contributed by atoms with Crippen molar-refractivity contribution < 1.29 is 9.47 Å². The monoisotopic (exact) mass is 776 g/mol. The fourth-order valence-electron chi connectivity index (χ4n) is 7.75. The van der Waals surface area contributed by atoms with E-state index < -0.39 is 0 Å². The normalized spacial score (nSPS) is 11.6. The minimum atomic E-state index is 0.648. The molecule has 0 N–H and O–H groups in total. The standard InChI is InChI=1S/C55H69NO2/c1-3-5-7-9-11-13-15-17-19-21-35-57-54-33-31-50-40-45(27-29-52(50)42-54)23-25-47-37-48(39-49(38-47)44-56)26-24-46-28-30-53-43-55(34-32-51(53)41-46)58-36-22-20-18-16-14-12-10-8-6-4-2/h23-34,37-43H,3-22,35-36H2,1-2H3/b25-23+,26-24+. The van der Waals surface area contributed by atoms with Crippen LogP contribution in [-0.2, 0) is 0 Å². The Bertz CT molecular complexity index is 1910. The van der Waals surface area contributed by atoms with Crippen molar-refractivity contribution in [3.05, 3.63) is 119 Å². The Labute approximate surface area is 351 Å². The van der Waals surface area contributed by atoms with Crippen molar-refractivity contribution in [1.29, 1.82) is 5.26 Å². The Kier molecular flexibility index (Phi) is 20.0. The molecule has 0 unspecified atom stereocenters. The highest BCUT2D eigenvalue weighted by molar-refractivity contribution is 5.88. The molecule has 0 aliphatic rings. The number of ether oxygens (including phenoxy) is 2. The minimum Gasteiger partial charge on any atom is -0.494 e. The minimum absolute atomic E-state index is 0.648. The zero-order chi connectivity index (χ0) is 40.5. The van der Waals surface area contributed by atoms with Crippen LogP contribution in [0, 0.1) is 11.3 Å². The summed E-state index contributed by atoms with van der Waals surface area (Å²) in [5.74, 6) is 1.89. The van der Waals surface area contributed by atoms with Crippen LogP contribution in [0.3, 0.4) is 0 Å². The number of hydrogen-bond acceptors (Lipinski definition) is 3. The lowest BCUT2D eigenvalue weighted by Gasteiger charge is -2.08. The van der Waals surface area contributed by atoms with Crippen LogP contribution in [0.15, 0.2) is 91.0 Å². The van der Waals surface area contributed by atoms with Gasteiger partial charge in [0, 0.05) is 0 Å². The molecule has 3 nitrogen and oxygen atoms in total. The lowest BCUT2D eigenvalue weighted by atomic mass is 10.0. The molecular formula is C55H69NO2. The number of rotatable bonds is 28. The molecule has 0 amide bonds. The molecule has 0 atom stereocenters. The molecule has 0 spiro atoms. The van der Waals surface area contributed by atoms with E-state index in [2.05, 4.69) is 123 Å². The number of unbranched alkanes of at least 4 members (excludes halogenated alkanes) is 18. The first-order chi connectivity index (χ1) is 28.6. The van der Waals surface area contributed by atoms with Crippen LogP contribution >= 0.6 is 0 Å². The highest BCUT2D eigenvalue weighted by Gasteiger charge is 2.03. The van der Waals surface area contributed by atoms with Crippen LogP contribution < -0.4 is 9.47 Å². The first-order valence-corrected chi connectivity index (χ1v) is 22.9. The molecule has 0 saturated carbocycles. The van der Waals surface area contributed by atoms with Gasteiger partial charge in [0.05, 0.1) is 24.8 Å². The Morgan fingerprint density at radius 3 is 1.12 bits per heavy atom. The predicted molar refractivity (Wildman–Crippen MR) is 252 cm³/mol. The van der Waals surface area contributed by atoms with E-state index in [1.807, 2.05) is 12.1 Å². The second kappa shape index (κ2) is 26.2. The highest BCUT2D eigenvalue weighted by atomic mass is 16.5. The fourth-order valence-corrected chi connectivity index (χ4v) is 7.75. The van der Waals surface area contributed by atoms with Gasteiger partial charge in [0.25, 0.3) is 0 Å². The Hall–Kier alpha value is -4.81. The van der Waals surface area contributed by atoms with E-state index in [0.29, 0.717) is 5.56 Å². The summed E-state index contributed by atoms with van der Waals surface area (Å²) in [6.45, 7) is 6.11. The Morgan fingerprint density at radius 2 is 0.724 bits per heavy atom. The maximum absolute atomic E-state index is 9.80. The molecule has 3 heteroatoms. The van der Waals surface area contributed by atoms with E-state index in [-0.39, 0.29) is 0 Å². The summed E-state index contributed by atoms with van der Waals surface area (Å²) in [5.41, 5.74) is 4.88. The van der Waals surface area contributed by atoms with Gasteiger partial charge < -0.3 is 9.47 Å². The quantitative estimate of drug-likeness (QED) is 0.0375. The molecule has 306 valence electrons. The van der Waals surface area contributed by atoms with Crippen molar-refractivity contribution in [3.63, 3.8) is 0 Å². The molecule has 0 aliphatic carbocycles. The summed E-state index contributed by atoms with van der Waals surface area (Å²) in [6, 6.07) is 34.2. The molecule has 5 aromatic rings. The van der Waals surface area contributed by atoms with E-state index in [4.69, 9.17) is 9.47 Å². The molecule has 0 radical (unpaired) electrons. The van der Waals surface area contributed by atoms with Crippen LogP contribution in [-0.4, -0.2) is 13.2 Å². The second-order valence-corrected chi connectivity index (χ2v) is 16.3. The van der Waals surface area contributed by atoms with Gasteiger partial charge in [-0.15, -0.1) is 0 Å². The number of benzene rings is 5. The number of fused-ring (bicyclic) bond motifs is 2. The summed E-state index contributed by atoms with van der Waals surface area (Å²) < 4.78 is 12.2. The van der Waals surface area contributed by atoms with Gasteiger partial charge in [0.1, 0.15) is 11.5 Å². The highest BCUT2D eigenvalue weighted by Crippen LogP contribution is 2.26. The van der Waals surface area contributed by atoms with Gasteiger partial charge in [-0.25, -0.2) is 0 Å². The van der Waals surface area contributed by atoms with Gasteiger partial charge in [0.15, 0.2) is 0 Å². The Balaban J connectivity index is 1.07. The van der Waals surface area contributed by atoms with Gasteiger partial charge in [-0.1, -0.05) is 190 Å². The van der Waals surface area contributed by atoms with E-state index >= 15 is 0 Å². The van der Waals surface area contributed by atoms with E-state index in [1.165, 1.54) is 137 Å². The van der Waals surface area contributed by atoms with Crippen molar-refractivity contribution in [2.45, 2.75) is 142 Å². The molecule has 0 heterocycles. The molecule has 0 aromatic heterocycles. The maximum Gasteiger partial charge on any atom is 0.119 e. The average Bonchev–Trinajstić information content (AvgIpc) is 3.25. The molecule has 5 aromatic carbocycles. The second-order valence-electron chi connectivity index (χ2n) is 16.3. The summed E-state index contributed by atoms with van der Waals surface area (Å²) in [4.78, 5) is 0. The topological polar surface area (TPSA) is 42.2 Å². The molecule has 0 saturated heterocycles. The third kappa shape index (κ3) is 16.2. The predicted octanol–water partition coefficient (Wildman–Crippen LogP) is 16.8. The smallest absolute Gasteiger partial charge is 0.119 e. The van der Waals surface area contributed by atoms with Crippen molar-refractivity contribution in [3.8, 4) is 17.6 Å². The first kappa shape index (κ1) is 44.3. The van der Waals surface area contributed by atoms with Crippen molar-refractivity contribution in [2.75, 3.05) is 13.2 Å². The third-order valence-corrected chi connectivity index (χ3v) is 11.2. The number of nitrogens with zero attached hydrogens (tertiary/aromatic N) is 1. The molecule has 58 heavy (non-hydrogen) atoms. The van der Waals surface area contributed by atoms with E-state index in [9.17, 15) is 5.26 Å². The average molecular weight is 776 g/mol. The first-order valence-electron chi connectivity index (χ1n) is 22.9. The van der Waals surface area contributed by atoms with Crippen LogP contribution in [0.1, 0.15) is 170 Å². The molecule has 0 fully saturated rings. The lowest BCUT2D eigenvalue weighted by molar-refractivity contribution is 0.304. The van der Waals surface area contributed by atoms with Crippen LogP contribution in [0.4, 0.5) is 0 Å². The van der Waals surface area contributed by atoms with Gasteiger partial charge >= 0.3 is 0 Å². The number of nitriles is 1. The summed E-state index contributed by atoms with van der Waals surface area (Å²) in [6.07, 6.45) is 35.0. The summed E-state index contributed by atoms with van der Waals surface area (Å²) >= 11 is 0. The zero-order valence-electron chi connectivity index (χ0n) is 35.8. The summed E-state index contributed by atoms with van der Waals surface area (Å²) in [7, 11) is 0. The molecule has 0 aliphatic heterocycles. The Morgan fingerprint density at radius 1 is 0.379 bits per heavy atom. The third-order valence-electron chi connectivity index (χ3n) is 11.2. The largest absolute Gasteiger partial charge is 0.494 e. The van der Waals surface area contributed by atoms with E-state index in [1.54, 1.807) is 0 Å². The number of hydrogen-bond donors (Lipinski definition) is 0. The van der Waals surface area contributed by atoms with E-state index in [0.717, 1.165) is 59.8 Å². The van der Waals surface area contributed by atoms with Crippen molar-refractivity contribution in [2.24, 2.45) is 0 Å². The van der Waals surface area contributed by atoms with Crippen molar-refractivity contribution in [1.82, 2.24) is 0 Å². The van der Waals surface area contributed by atoms with Gasteiger partial charge in [-0.3, -0.25) is 0 Å². The molecular weight excluding hydrogens is 707 g/mol. The molecule has 5 rings (SSSR count). The van der Waals surface area contributed by atoms with Crippen molar-refractivity contribution >= 4 is 45.8 Å².